The highest BCUT2D eigenvalue weighted by Gasteiger charge is 2.23. The number of aryl methyl sites for hydroxylation is 1. The quantitative estimate of drug-likeness (QED) is 0.739. The summed E-state index contributed by atoms with van der Waals surface area (Å²) in [6.07, 6.45) is 5.85. The minimum atomic E-state index is -3.61. The van der Waals surface area contributed by atoms with E-state index < -0.39 is 10.0 Å². The molecule has 19 heavy (non-hydrogen) atoms. The number of rotatable bonds is 6. The average Bonchev–Trinajstić information content (AvgIpc) is 3.06. The molecule has 0 spiro atoms. The van der Waals surface area contributed by atoms with Crippen molar-refractivity contribution in [3.63, 3.8) is 0 Å². The van der Waals surface area contributed by atoms with Gasteiger partial charge >= 0.3 is 0 Å². The number of imidazole rings is 2. The topological polar surface area (TPSA) is 104 Å². The second-order valence-electron chi connectivity index (χ2n) is 4.10. The zero-order valence-electron chi connectivity index (χ0n) is 10.8. The van der Waals surface area contributed by atoms with Gasteiger partial charge in [0.25, 0.3) is 10.0 Å². The van der Waals surface area contributed by atoms with Crippen molar-refractivity contribution in [2.45, 2.75) is 37.8 Å². The summed E-state index contributed by atoms with van der Waals surface area (Å²) in [7, 11) is -3.61. The highest BCUT2D eigenvalue weighted by atomic mass is 32.2. The molecule has 104 valence electrons. The number of nitrogens with one attached hydrogen (secondary N) is 3. The van der Waals surface area contributed by atoms with Crippen molar-refractivity contribution < 1.29 is 8.42 Å². The molecular formula is C11H17N5O2S. The van der Waals surface area contributed by atoms with Crippen LogP contribution >= 0.6 is 0 Å². The Balaban J connectivity index is 2.20. The van der Waals surface area contributed by atoms with Gasteiger partial charge in [0.05, 0.1) is 12.2 Å². The number of nitrogens with zero attached hydrogens (tertiary/aromatic N) is 2. The van der Waals surface area contributed by atoms with E-state index in [1.54, 1.807) is 12.4 Å². The lowest BCUT2D eigenvalue weighted by molar-refractivity contribution is 0.536. The van der Waals surface area contributed by atoms with Crippen LogP contribution in [0.5, 0.6) is 0 Å². The van der Waals surface area contributed by atoms with Crippen LogP contribution in [-0.2, 0) is 16.4 Å². The number of H-pyrrole nitrogens is 2. The maximum absolute atomic E-state index is 12.2. The molecule has 2 heterocycles. The molecule has 0 radical (unpaired) electrons. The fourth-order valence-corrected chi connectivity index (χ4v) is 2.93. The van der Waals surface area contributed by atoms with E-state index in [2.05, 4.69) is 24.7 Å². The van der Waals surface area contributed by atoms with Crippen molar-refractivity contribution in [3.05, 3.63) is 30.2 Å². The Morgan fingerprint density at radius 1 is 1.37 bits per heavy atom. The van der Waals surface area contributed by atoms with Gasteiger partial charge in [-0.05, 0) is 6.42 Å². The number of hydrogen-bond acceptors (Lipinski definition) is 4. The maximum atomic E-state index is 12.2. The standard InChI is InChI=1S/C11H17N5O2S/c1-3-8(11-12-5-6-13-11)16-19(17,18)10-7-14-9(4-2)15-10/h5-8,16H,3-4H2,1-2H3,(H,12,13)(H,14,15). The molecule has 0 aliphatic heterocycles. The van der Waals surface area contributed by atoms with Gasteiger partial charge in [-0.3, -0.25) is 0 Å². The van der Waals surface area contributed by atoms with Crippen molar-refractivity contribution >= 4 is 10.0 Å². The molecule has 0 fully saturated rings. The molecule has 0 saturated heterocycles. The molecule has 1 atom stereocenters. The van der Waals surface area contributed by atoms with E-state index in [4.69, 9.17) is 0 Å². The van der Waals surface area contributed by atoms with Gasteiger partial charge in [0.15, 0.2) is 5.03 Å². The lowest BCUT2D eigenvalue weighted by atomic mass is 10.2. The van der Waals surface area contributed by atoms with Crippen LogP contribution in [0, 0.1) is 0 Å². The fraction of sp³-hybridized carbons (Fsp3) is 0.455. The molecule has 0 aliphatic carbocycles. The van der Waals surface area contributed by atoms with Gasteiger partial charge < -0.3 is 9.97 Å². The molecule has 0 amide bonds. The Labute approximate surface area is 111 Å². The largest absolute Gasteiger partial charge is 0.347 e. The third-order valence-electron chi connectivity index (χ3n) is 2.78. The van der Waals surface area contributed by atoms with Gasteiger partial charge in [0, 0.05) is 18.8 Å². The molecule has 0 aliphatic rings. The lowest BCUT2D eigenvalue weighted by Gasteiger charge is -2.13. The van der Waals surface area contributed by atoms with Gasteiger partial charge in [-0.1, -0.05) is 13.8 Å². The van der Waals surface area contributed by atoms with Crippen molar-refractivity contribution in [1.82, 2.24) is 24.7 Å². The van der Waals surface area contributed by atoms with Crippen LogP contribution in [-0.4, -0.2) is 28.4 Å². The third-order valence-corrected chi connectivity index (χ3v) is 4.17. The molecular weight excluding hydrogens is 266 g/mol. The van der Waals surface area contributed by atoms with E-state index in [0.29, 0.717) is 24.5 Å². The summed E-state index contributed by atoms with van der Waals surface area (Å²) in [6.45, 7) is 3.79. The number of sulfonamides is 1. The van der Waals surface area contributed by atoms with E-state index in [-0.39, 0.29) is 11.1 Å². The first kappa shape index (κ1) is 13.8. The van der Waals surface area contributed by atoms with Crippen molar-refractivity contribution in [2.24, 2.45) is 0 Å². The van der Waals surface area contributed by atoms with Crippen LogP contribution in [0.25, 0.3) is 0 Å². The van der Waals surface area contributed by atoms with Gasteiger partial charge in [-0.2, -0.15) is 4.72 Å². The first-order valence-electron chi connectivity index (χ1n) is 6.12. The second kappa shape index (κ2) is 5.54. The Morgan fingerprint density at radius 2 is 2.16 bits per heavy atom. The lowest BCUT2D eigenvalue weighted by Crippen LogP contribution is -2.29. The van der Waals surface area contributed by atoms with Gasteiger partial charge in [0.1, 0.15) is 11.6 Å². The second-order valence-corrected chi connectivity index (χ2v) is 5.79. The zero-order valence-corrected chi connectivity index (χ0v) is 11.7. The first-order chi connectivity index (χ1) is 9.06. The monoisotopic (exact) mass is 283 g/mol. The molecule has 3 N–H and O–H groups in total. The Hall–Kier alpha value is -1.67. The minimum absolute atomic E-state index is 0.0781. The molecule has 7 nitrogen and oxygen atoms in total. The van der Waals surface area contributed by atoms with E-state index >= 15 is 0 Å². The summed E-state index contributed by atoms with van der Waals surface area (Å²) < 4.78 is 27.0. The first-order valence-corrected chi connectivity index (χ1v) is 7.60. The van der Waals surface area contributed by atoms with E-state index in [0.717, 1.165) is 0 Å². The highest BCUT2D eigenvalue weighted by Crippen LogP contribution is 2.16. The van der Waals surface area contributed by atoms with Gasteiger partial charge in [-0.25, -0.2) is 18.4 Å². The Morgan fingerprint density at radius 3 is 2.68 bits per heavy atom. The van der Waals surface area contributed by atoms with Crippen molar-refractivity contribution in [1.29, 1.82) is 0 Å². The van der Waals surface area contributed by atoms with Gasteiger partial charge in [0.2, 0.25) is 0 Å². The Kier molecular flexibility index (Phi) is 4.01. The van der Waals surface area contributed by atoms with Crippen molar-refractivity contribution in [3.8, 4) is 0 Å². The van der Waals surface area contributed by atoms with Crippen LogP contribution in [0.4, 0.5) is 0 Å². The SMILES string of the molecule is CCc1ncc(S(=O)(=O)NC(CC)c2ncc[nH]2)[nH]1. The molecule has 0 aromatic carbocycles. The summed E-state index contributed by atoms with van der Waals surface area (Å²) in [4.78, 5) is 13.8. The van der Waals surface area contributed by atoms with Crippen molar-refractivity contribution in [2.75, 3.05) is 0 Å². The summed E-state index contributed by atoms with van der Waals surface area (Å²) in [5.41, 5.74) is 0. The van der Waals surface area contributed by atoms with Crippen LogP contribution < -0.4 is 4.72 Å². The maximum Gasteiger partial charge on any atom is 0.258 e. The van der Waals surface area contributed by atoms with Gasteiger partial charge in [-0.15, -0.1) is 0 Å². The average molecular weight is 283 g/mol. The van der Waals surface area contributed by atoms with Crippen LogP contribution in [0.15, 0.2) is 23.6 Å². The molecule has 2 aromatic heterocycles. The number of aromatic amines is 2. The molecule has 0 bridgehead atoms. The van der Waals surface area contributed by atoms with E-state index in [1.165, 1.54) is 6.20 Å². The highest BCUT2D eigenvalue weighted by molar-refractivity contribution is 7.89. The summed E-state index contributed by atoms with van der Waals surface area (Å²) in [5, 5.41) is 0.0781. The smallest absolute Gasteiger partial charge is 0.258 e. The predicted octanol–water partition coefficient (Wildman–Crippen LogP) is 1.12. The summed E-state index contributed by atoms with van der Waals surface area (Å²) in [5.74, 6) is 1.24. The molecule has 8 heteroatoms. The van der Waals surface area contributed by atoms with E-state index in [9.17, 15) is 8.42 Å². The number of hydrogen-bond donors (Lipinski definition) is 3. The third kappa shape index (κ3) is 3.02. The molecule has 1 unspecified atom stereocenters. The normalized spacial score (nSPS) is 13.6. The molecule has 0 saturated carbocycles. The Bertz CT molecular complexity index is 617. The molecule has 2 rings (SSSR count). The minimum Gasteiger partial charge on any atom is -0.347 e. The van der Waals surface area contributed by atoms with E-state index in [1.807, 2.05) is 13.8 Å². The predicted molar refractivity (Wildman–Crippen MR) is 69.9 cm³/mol. The van der Waals surface area contributed by atoms with Crippen LogP contribution in [0.3, 0.4) is 0 Å². The van der Waals surface area contributed by atoms with Crippen LogP contribution in [0.1, 0.15) is 38.0 Å². The molecule has 2 aromatic rings. The number of aromatic nitrogens is 4. The summed E-state index contributed by atoms with van der Waals surface area (Å²) >= 11 is 0. The zero-order chi connectivity index (χ0) is 13.9. The fourth-order valence-electron chi connectivity index (χ4n) is 1.71. The summed E-state index contributed by atoms with van der Waals surface area (Å²) in [6, 6.07) is -0.381. The van der Waals surface area contributed by atoms with Crippen LogP contribution in [0.2, 0.25) is 0 Å².